The van der Waals surface area contributed by atoms with Crippen molar-refractivity contribution in [3.05, 3.63) is 29.6 Å². The molecule has 0 radical (unpaired) electrons. The van der Waals surface area contributed by atoms with Crippen LogP contribution in [0.1, 0.15) is 31.2 Å². The molecule has 0 bridgehead atoms. The van der Waals surface area contributed by atoms with Gasteiger partial charge in [-0.1, -0.05) is 0 Å². The van der Waals surface area contributed by atoms with Gasteiger partial charge in [0.15, 0.2) is 5.60 Å². The molecule has 2 saturated heterocycles. The van der Waals surface area contributed by atoms with Crippen molar-refractivity contribution >= 4 is 5.91 Å². The van der Waals surface area contributed by atoms with Gasteiger partial charge in [-0.25, -0.2) is 4.39 Å². The zero-order valence-corrected chi connectivity index (χ0v) is 15.9. The molecule has 2 aliphatic rings. The lowest BCUT2D eigenvalue weighted by molar-refractivity contribution is -0.157. The van der Waals surface area contributed by atoms with E-state index in [0.717, 1.165) is 32.6 Å². The molecule has 1 amide bonds. The number of hydrogen-bond donors (Lipinski definition) is 2. The highest BCUT2D eigenvalue weighted by Gasteiger charge is 2.42. The second kappa shape index (κ2) is 8.99. The highest BCUT2D eigenvalue weighted by Crippen LogP contribution is 2.26. The van der Waals surface area contributed by atoms with Crippen molar-refractivity contribution in [2.75, 3.05) is 40.0 Å². The molecule has 0 aliphatic carbocycles. The first kappa shape index (κ1) is 20.0. The number of methoxy groups -OCH3 is 1. The van der Waals surface area contributed by atoms with E-state index >= 15 is 0 Å². The molecule has 1 aromatic rings. The van der Waals surface area contributed by atoms with E-state index in [0.29, 0.717) is 36.6 Å². The summed E-state index contributed by atoms with van der Waals surface area (Å²) < 4.78 is 24.6. The number of likely N-dealkylation sites (tertiary alicyclic amines) is 1. The molecule has 0 unspecified atom stereocenters. The number of carbonyl (C=O) groups is 1. The predicted octanol–water partition coefficient (Wildman–Crippen LogP) is 1.70. The van der Waals surface area contributed by atoms with Crippen LogP contribution in [-0.4, -0.2) is 61.5 Å². The standard InChI is InChI=1S/C20H29FN2O4/c1-26-17-3-4-18(21)16(11-17)13-23-8-2-7-20(25,19(23)24)14-22-12-15-5-9-27-10-6-15/h3-4,11,15,22,25H,2,5-10,12-14H2,1H3/t20-/m1/s1. The highest BCUT2D eigenvalue weighted by atomic mass is 19.1. The first-order valence-electron chi connectivity index (χ1n) is 9.64. The van der Waals surface area contributed by atoms with Gasteiger partial charge in [-0.3, -0.25) is 4.79 Å². The van der Waals surface area contributed by atoms with Crippen LogP contribution in [0.4, 0.5) is 4.39 Å². The van der Waals surface area contributed by atoms with Gasteiger partial charge in [0, 0.05) is 38.4 Å². The van der Waals surface area contributed by atoms with E-state index in [2.05, 4.69) is 5.32 Å². The number of hydrogen-bond acceptors (Lipinski definition) is 5. The second-order valence-corrected chi connectivity index (χ2v) is 7.51. The molecule has 150 valence electrons. The van der Waals surface area contributed by atoms with Crippen LogP contribution < -0.4 is 10.1 Å². The first-order chi connectivity index (χ1) is 13.0. The van der Waals surface area contributed by atoms with E-state index in [4.69, 9.17) is 9.47 Å². The summed E-state index contributed by atoms with van der Waals surface area (Å²) in [7, 11) is 1.52. The minimum atomic E-state index is -1.43. The summed E-state index contributed by atoms with van der Waals surface area (Å²) in [6, 6.07) is 4.48. The van der Waals surface area contributed by atoms with Crippen molar-refractivity contribution in [1.82, 2.24) is 10.2 Å². The molecule has 0 saturated carbocycles. The summed E-state index contributed by atoms with van der Waals surface area (Å²) in [6.45, 7) is 3.18. The lowest BCUT2D eigenvalue weighted by Crippen LogP contribution is -2.58. The van der Waals surface area contributed by atoms with Crippen LogP contribution in [0.2, 0.25) is 0 Å². The quantitative estimate of drug-likeness (QED) is 0.754. The van der Waals surface area contributed by atoms with Crippen LogP contribution >= 0.6 is 0 Å². The number of nitrogens with one attached hydrogen (secondary N) is 1. The van der Waals surface area contributed by atoms with Gasteiger partial charge in [0.1, 0.15) is 11.6 Å². The van der Waals surface area contributed by atoms with Crippen LogP contribution in [0.25, 0.3) is 0 Å². The highest BCUT2D eigenvalue weighted by molar-refractivity contribution is 5.86. The van der Waals surface area contributed by atoms with E-state index < -0.39 is 5.60 Å². The summed E-state index contributed by atoms with van der Waals surface area (Å²) in [5.41, 5.74) is -1.04. The molecule has 2 aliphatic heterocycles. The number of halogens is 1. The topological polar surface area (TPSA) is 71.0 Å². The Morgan fingerprint density at radius 2 is 2.19 bits per heavy atom. The van der Waals surface area contributed by atoms with Crippen molar-refractivity contribution < 1.29 is 23.8 Å². The summed E-state index contributed by atoms with van der Waals surface area (Å²) in [4.78, 5) is 14.4. The number of amides is 1. The number of nitrogens with zero attached hydrogens (tertiary/aromatic N) is 1. The largest absolute Gasteiger partial charge is 0.497 e. The van der Waals surface area contributed by atoms with Gasteiger partial charge in [-0.15, -0.1) is 0 Å². The van der Waals surface area contributed by atoms with Crippen molar-refractivity contribution in [3.63, 3.8) is 0 Å². The van der Waals surface area contributed by atoms with Gasteiger partial charge in [0.2, 0.25) is 0 Å². The molecule has 1 aromatic carbocycles. The summed E-state index contributed by atoms with van der Waals surface area (Å²) >= 11 is 0. The lowest BCUT2D eigenvalue weighted by Gasteiger charge is -2.38. The van der Waals surface area contributed by atoms with Crippen LogP contribution in [0, 0.1) is 11.7 Å². The van der Waals surface area contributed by atoms with E-state index in [-0.39, 0.29) is 24.8 Å². The van der Waals surface area contributed by atoms with Crippen LogP contribution in [0.5, 0.6) is 5.75 Å². The summed E-state index contributed by atoms with van der Waals surface area (Å²) in [6.07, 6.45) is 3.11. The van der Waals surface area contributed by atoms with E-state index in [1.165, 1.54) is 18.1 Å². The minimum absolute atomic E-state index is 0.129. The molecule has 7 heteroatoms. The zero-order chi connectivity index (χ0) is 19.3. The Bertz CT molecular complexity index is 651. The molecule has 2 heterocycles. The lowest BCUT2D eigenvalue weighted by atomic mass is 9.90. The summed E-state index contributed by atoms with van der Waals surface area (Å²) in [5, 5.41) is 14.2. The number of benzene rings is 1. The van der Waals surface area contributed by atoms with Gasteiger partial charge < -0.3 is 24.8 Å². The second-order valence-electron chi connectivity index (χ2n) is 7.51. The third-order valence-corrected chi connectivity index (χ3v) is 5.51. The van der Waals surface area contributed by atoms with Crippen molar-refractivity contribution in [3.8, 4) is 5.75 Å². The maximum absolute atomic E-state index is 14.1. The number of piperidine rings is 1. The van der Waals surface area contributed by atoms with Crippen molar-refractivity contribution in [2.45, 2.75) is 37.8 Å². The first-order valence-corrected chi connectivity index (χ1v) is 9.64. The Morgan fingerprint density at radius 3 is 2.93 bits per heavy atom. The van der Waals surface area contributed by atoms with E-state index in [9.17, 15) is 14.3 Å². The van der Waals surface area contributed by atoms with Crippen LogP contribution in [0.15, 0.2) is 18.2 Å². The van der Waals surface area contributed by atoms with Crippen molar-refractivity contribution in [2.24, 2.45) is 5.92 Å². The van der Waals surface area contributed by atoms with Gasteiger partial charge in [0.05, 0.1) is 7.11 Å². The fraction of sp³-hybridized carbons (Fsp3) is 0.650. The van der Waals surface area contributed by atoms with Crippen LogP contribution in [0.3, 0.4) is 0 Å². The fourth-order valence-electron chi connectivity index (χ4n) is 3.82. The minimum Gasteiger partial charge on any atom is -0.497 e. The average Bonchev–Trinajstić information content (AvgIpc) is 2.68. The molecule has 6 nitrogen and oxygen atoms in total. The summed E-state index contributed by atoms with van der Waals surface area (Å²) in [5.74, 6) is 0.345. The average molecular weight is 380 g/mol. The Labute approximate surface area is 159 Å². The maximum Gasteiger partial charge on any atom is 0.256 e. The SMILES string of the molecule is COc1ccc(F)c(CN2CCC[C@@](O)(CNCC3CCOCC3)C2=O)c1. The molecule has 2 N–H and O–H groups in total. The number of aliphatic hydroxyl groups is 1. The third kappa shape index (κ3) is 4.97. The smallest absolute Gasteiger partial charge is 0.256 e. The monoisotopic (exact) mass is 380 g/mol. The predicted molar refractivity (Wildman–Crippen MR) is 99.0 cm³/mol. The number of carbonyl (C=O) groups excluding carboxylic acids is 1. The number of rotatable bonds is 7. The van der Waals surface area contributed by atoms with Gasteiger partial charge in [0.25, 0.3) is 5.91 Å². The van der Waals surface area contributed by atoms with Gasteiger partial charge in [-0.2, -0.15) is 0 Å². The fourth-order valence-corrected chi connectivity index (χ4v) is 3.82. The van der Waals surface area contributed by atoms with Crippen LogP contribution in [-0.2, 0) is 16.1 Å². The molecule has 0 spiro atoms. The Kier molecular flexibility index (Phi) is 6.68. The zero-order valence-electron chi connectivity index (χ0n) is 15.9. The Balaban J connectivity index is 1.59. The Morgan fingerprint density at radius 1 is 1.41 bits per heavy atom. The van der Waals surface area contributed by atoms with E-state index in [1.807, 2.05) is 0 Å². The normalized spacial score (nSPS) is 24.3. The Hall–Kier alpha value is -1.70. The molecular weight excluding hydrogens is 351 g/mol. The molecular formula is C20H29FN2O4. The van der Waals surface area contributed by atoms with Gasteiger partial charge >= 0.3 is 0 Å². The molecule has 3 rings (SSSR count). The molecule has 0 aromatic heterocycles. The number of ether oxygens (including phenoxy) is 2. The maximum atomic E-state index is 14.1. The molecule has 1 atom stereocenters. The van der Waals surface area contributed by atoms with E-state index in [1.54, 1.807) is 12.1 Å². The third-order valence-electron chi connectivity index (χ3n) is 5.51. The van der Waals surface area contributed by atoms with Crippen molar-refractivity contribution in [1.29, 1.82) is 0 Å². The van der Waals surface area contributed by atoms with Gasteiger partial charge in [-0.05, 0) is 56.3 Å². The molecule has 2 fully saturated rings. The molecule has 27 heavy (non-hydrogen) atoms.